The van der Waals surface area contributed by atoms with Gasteiger partial charge in [-0.2, -0.15) is 0 Å². The number of nitrogens with one attached hydrogen (secondary N) is 1. The molecule has 0 radical (unpaired) electrons. The molecule has 24 heavy (non-hydrogen) atoms. The van der Waals surface area contributed by atoms with E-state index >= 15 is 0 Å². The van der Waals surface area contributed by atoms with Gasteiger partial charge in [0.1, 0.15) is 28.5 Å². The summed E-state index contributed by atoms with van der Waals surface area (Å²) in [7, 11) is 0. The molecular formula is C17H13F2N3O2. The van der Waals surface area contributed by atoms with Crippen LogP contribution in [0.2, 0.25) is 0 Å². The smallest absolute Gasteiger partial charge is 0.281 e. The molecule has 2 aromatic heterocycles. The molecule has 0 aliphatic carbocycles. The Balaban J connectivity index is 2.09. The third-order valence-electron chi connectivity index (χ3n) is 3.60. The van der Waals surface area contributed by atoms with Gasteiger partial charge in [0, 0.05) is 6.20 Å². The fourth-order valence-electron chi connectivity index (χ4n) is 2.39. The van der Waals surface area contributed by atoms with Gasteiger partial charge < -0.3 is 5.32 Å². The van der Waals surface area contributed by atoms with E-state index in [0.29, 0.717) is 5.65 Å². The Morgan fingerprint density at radius 2 is 1.83 bits per heavy atom. The lowest BCUT2D eigenvalue weighted by Crippen LogP contribution is -2.26. The summed E-state index contributed by atoms with van der Waals surface area (Å²) in [6.07, 6.45) is 1.53. The van der Waals surface area contributed by atoms with Crippen LogP contribution in [0.3, 0.4) is 0 Å². The number of carbonyl (C=O) groups excluding carboxylic acids is 1. The first-order chi connectivity index (χ1) is 11.4. The molecule has 1 N–H and O–H groups in total. The van der Waals surface area contributed by atoms with Crippen LogP contribution in [0, 0.1) is 25.5 Å². The van der Waals surface area contributed by atoms with Crippen LogP contribution in [-0.4, -0.2) is 15.3 Å². The Morgan fingerprint density at radius 3 is 2.50 bits per heavy atom. The van der Waals surface area contributed by atoms with Crippen LogP contribution in [0.5, 0.6) is 0 Å². The maximum absolute atomic E-state index is 13.7. The molecule has 0 saturated carbocycles. The Morgan fingerprint density at radius 1 is 1.17 bits per heavy atom. The number of rotatable bonds is 2. The highest BCUT2D eigenvalue weighted by molar-refractivity contribution is 6.04. The van der Waals surface area contributed by atoms with Crippen molar-refractivity contribution in [2.24, 2.45) is 0 Å². The summed E-state index contributed by atoms with van der Waals surface area (Å²) >= 11 is 0. The van der Waals surface area contributed by atoms with Gasteiger partial charge in [0.25, 0.3) is 11.5 Å². The van der Waals surface area contributed by atoms with Gasteiger partial charge in [-0.3, -0.25) is 14.0 Å². The number of benzene rings is 1. The molecule has 3 rings (SSSR count). The Bertz CT molecular complexity index is 1010. The first-order valence-electron chi connectivity index (χ1n) is 7.13. The van der Waals surface area contributed by atoms with Crippen LogP contribution in [-0.2, 0) is 0 Å². The monoisotopic (exact) mass is 329 g/mol. The van der Waals surface area contributed by atoms with E-state index in [1.807, 2.05) is 6.92 Å². The van der Waals surface area contributed by atoms with Crippen molar-refractivity contribution in [1.29, 1.82) is 0 Å². The van der Waals surface area contributed by atoms with Crippen LogP contribution in [0.4, 0.5) is 14.5 Å². The van der Waals surface area contributed by atoms with E-state index in [1.165, 1.54) is 17.5 Å². The predicted molar refractivity (Wildman–Crippen MR) is 85.2 cm³/mol. The summed E-state index contributed by atoms with van der Waals surface area (Å²) in [5, 5.41) is 2.27. The topological polar surface area (TPSA) is 63.5 Å². The van der Waals surface area contributed by atoms with Crippen molar-refractivity contribution >= 4 is 17.2 Å². The van der Waals surface area contributed by atoms with Gasteiger partial charge >= 0.3 is 0 Å². The van der Waals surface area contributed by atoms with Crippen LogP contribution >= 0.6 is 0 Å². The van der Waals surface area contributed by atoms with E-state index < -0.39 is 28.7 Å². The van der Waals surface area contributed by atoms with Crippen LogP contribution < -0.4 is 10.9 Å². The fourth-order valence-corrected chi connectivity index (χ4v) is 2.39. The van der Waals surface area contributed by atoms with Gasteiger partial charge in [0.05, 0.1) is 5.69 Å². The van der Waals surface area contributed by atoms with Gasteiger partial charge in [0.15, 0.2) is 0 Å². The zero-order chi connectivity index (χ0) is 17.4. The van der Waals surface area contributed by atoms with E-state index in [4.69, 9.17) is 0 Å². The number of anilines is 1. The molecule has 0 unspecified atom stereocenters. The lowest BCUT2D eigenvalue weighted by molar-refractivity contribution is 0.101. The number of pyridine rings is 1. The van der Waals surface area contributed by atoms with Crippen LogP contribution in [0.25, 0.3) is 5.65 Å². The number of hydrogen-bond acceptors (Lipinski definition) is 3. The van der Waals surface area contributed by atoms with Crippen molar-refractivity contribution in [3.8, 4) is 0 Å². The second kappa shape index (κ2) is 5.84. The Hall–Kier alpha value is -3.09. The number of fused-ring (bicyclic) bond motifs is 1. The standard InChI is InChI=1S/C17H13F2N3O2/c1-9-6-7-22-13(8-9)20-10(2)15(17(22)24)21-16(23)14-11(18)4-3-5-12(14)19/h3-8H,1-2H3,(H,21,23). The fraction of sp³-hybridized carbons (Fsp3) is 0.118. The highest BCUT2D eigenvalue weighted by atomic mass is 19.1. The third-order valence-corrected chi connectivity index (χ3v) is 3.60. The molecule has 7 heteroatoms. The highest BCUT2D eigenvalue weighted by Crippen LogP contribution is 2.16. The zero-order valence-electron chi connectivity index (χ0n) is 12.9. The second-order valence-corrected chi connectivity index (χ2v) is 5.36. The average Bonchev–Trinajstić information content (AvgIpc) is 2.51. The molecule has 5 nitrogen and oxygen atoms in total. The highest BCUT2D eigenvalue weighted by Gasteiger charge is 2.20. The molecule has 1 aromatic carbocycles. The number of hydrogen-bond donors (Lipinski definition) is 1. The average molecular weight is 329 g/mol. The van der Waals surface area contributed by atoms with Crippen molar-refractivity contribution in [3.05, 3.63) is 75.3 Å². The summed E-state index contributed by atoms with van der Waals surface area (Å²) in [6.45, 7) is 3.40. The molecule has 1 amide bonds. The van der Waals surface area contributed by atoms with Gasteiger partial charge in [-0.1, -0.05) is 6.07 Å². The number of nitrogens with zero attached hydrogens (tertiary/aromatic N) is 2. The molecule has 0 aliphatic rings. The summed E-state index contributed by atoms with van der Waals surface area (Å²) in [6, 6.07) is 6.53. The molecule has 122 valence electrons. The van der Waals surface area contributed by atoms with Gasteiger partial charge in [-0.25, -0.2) is 13.8 Å². The maximum Gasteiger partial charge on any atom is 0.281 e. The van der Waals surface area contributed by atoms with Crippen molar-refractivity contribution in [2.45, 2.75) is 13.8 Å². The van der Waals surface area contributed by atoms with E-state index in [2.05, 4.69) is 10.3 Å². The van der Waals surface area contributed by atoms with E-state index in [-0.39, 0.29) is 11.4 Å². The van der Waals surface area contributed by atoms with Crippen molar-refractivity contribution < 1.29 is 13.6 Å². The lowest BCUT2D eigenvalue weighted by atomic mass is 10.2. The lowest BCUT2D eigenvalue weighted by Gasteiger charge is -2.10. The molecule has 0 aliphatic heterocycles. The van der Waals surface area contributed by atoms with Crippen LogP contribution in [0.15, 0.2) is 41.3 Å². The molecule has 0 atom stereocenters. The number of aromatic nitrogens is 2. The summed E-state index contributed by atoms with van der Waals surface area (Å²) < 4.78 is 28.7. The van der Waals surface area contributed by atoms with Crippen LogP contribution in [0.1, 0.15) is 21.6 Å². The maximum atomic E-state index is 13.7. The normalized spacial score (nSPS) is 10.8. The number of aryl methyl sites for hydroxylation is 2. The first kappa shape index (κ1) is 15.8. The van der Waals surface area contributed by atoms with E-state index in [0.717, 1.165) is 23.8 Å². The van der Waals surface area contributed by atoms with E-state index in [9.17, 15) is 18.4 Å². The van der Waals surface area contributed by atoms with Crippen molar-refractivity contribution in [1.82, 2.24) is 9.38 Å². The largest absolute Gasteiger partial charge is 0.316 e. The van der Waals surface area contributed by atoms with E-state index in [1.54, 1.807) is 12.1 Å². The quantitative estimate of drug-likeness (QED) is 0.786. The Labute approximate surface area is 135 Å². The minimum Gasteiger partial charge on any atom is -0.316 e. The number of halogens is 2. The minimum atomic E-state index is -1.04. The number of amides is 1. The van der Waals surface area contributed by atoms with Gasteiger partial charge in [0.2, 0.25) is 0 Å². The molecule has 3 aromatic rings. The molecule has 2 heterocycles. The van der Waals surface area contributed by atoms with Crippen molar-refractivity contribution in [3.63, 3.8) is 0 Å². The Kier molecular flexibility index (Phi) is 3.84. The second-order valence-electron chi connectivity index (χ2n) is 5.36. The van der Waals surface area contributed by atoms with Gasteiger partial charge in [-0.05, 0) is 43.7 Å². The minimum absolute atomic E-state index is 0.121. The van der Waals surface area contributed by atoms with Gasteiger partial charge in [-0.15, -0.1) is 0 Å². The summed E-state index contributed by atoms with van der Waals surface area (Å²) in [5.74, 6) is -3.05. The zero-order valence-corrected chi connectivity index (χ0v) is 12.9. The van der Waals surface area contributed by atoms with Crippen molar-refractivity contribution in [2.75, 3.05) is 5.32 Å². The number of carbonyl (C=O) groups is 1. The first-order valence-corrected chi connectivity index (χ1v) is 7.13. The summed E-state index contributed by atoms with van der Waals surface area (Å²) in [5.41, 5.74) is 0.215. The SMILES string of the molecule is Cc1ccn2c(=O)c(NC(=O)c3c(F)cccc3F)c(C)nc2c1. The summed E-state index contributed by atoms with van der Waals surface area (Å²) in [4.78, 5) is 29.0. The molecule has 0 bridgehead atoms. The molecule has 0 fully saturated rings. The molecule has 0 spiro atoms. The predicted octanol–water partition coefficient (Wildman–Crippen LogP) is 2.84. The third kappa shape index (κ3) is 2.64. The molecular weight excluding hydrogens is 316 g/mol. The molecule has 0 saturated heterocycles.